The van der Waals surface area contributed by atoms with E-state index in [-0.39, 0.29) is 24.8 Å². The van der Waals surface area contributed by atoms with E-state index in [0.29, 0.717) is 44.5 Å². The molecule has 0 aromatic heterocycles. The van der Waals surface area contributed by atoms with Crippen molar-refractivity contribution in [2.24, 2.45) is 11.7 Å². The van der Waals surface area contributed by atoms with E-state index in [4.69, 9.17) is 5.73 Å². The number of hydrogen-bond acceptors (Lipinski definition) is 5. The molecule has 5 rings (SSSR count). The highest BCUT2D eigenvalue weighted by Crippen LogP contribution is 2.48. The summed E-state index contributed by atoms with van der Waals surface area (Å²) in [6, 6.07) is 4.93. The average molecular weight is 432 g/mol. The normalized spacial score (nSPS) is 32.7. The first-order valence-corrected chi connectivity index (χ1v) is 10.8. The number of piperidine rings is 2. The van der Waals surface area contributed by atoms with E-state index in [1.807, 2.05) is 17.0 Å². The third-order valence-electron chi connectivity index (χ3n) is 7.34. The fourth-order valence-corrected chi connectivity index (χ4v) is 5.66. The van der Waals surface area contributed by atoms with Crippen molar-refractivity contribution < 1.29 is 23.2 Å². The molecule has 1 saturated carbocycles. The summed E-state index contributed by atoms with van der Waals surface area (Å²) in [6.07, 6.45) is 2.05. The number of carbonyl (C=O) groups excluding carboxylic acids is 3. The summed E-state index contributed by atoms with van der Waals surface area (Å²) < 4.78 is 29.3. The van der Waals surface area contributed by atoms with E-state index in [0.717, 1.165) is 17.5 Å². The Bertz CT molecular complexity index is 968. The molecule has 3 atom stereocenters. The molecule has 1 aliphatic carbocycles. The zero-order chi connectivity index (χ0) is 22.0. The van der Waals surface area contributed by atoms with Crippen LogP contribution in [0.1, 0.15) is 53.6 Å². The number of carbonyl (C=O) groups is 3. The Kier molecular flexibility index (Phi) is 4.67. The molecular formula is C22H26F2N4O3. The molecule has 2 bridgehead atoms. The molecule has 1 aromatic rings. The van der Waals surface area contributed by atoms with Crippen molar-refractivity contribution in [2.75, 3.05) is 13.1 Å². The Morgan fingerprint density at radius 2 is 2.00 bits per heavy atom. The number of fused-ring (bicyclic) bond motifs is 3. The van der Waals surface area contributed by atoms with Crippen LogP contribution in [-0.2, 0) is 22.7 Å². The maximum Gasteiger partial charge on any atom is 0.270 e. The minimum absolute atomic E-state index is 0.129. The summed E-state index contributed by atoms with van der Waals surface area (Å²) >= 11 is 0. The van der Waals surface area contributed by atoms with Gasteiger partial charge in [-0.3, -0.25) is 24.6 Å². The van der Waals surface area contributed by atoms with Crippen molar-refractivity contribution >= 4 is 17.7 Å². The number of nitrogens with two attached hydrogens (primary N) is 1. The van der Waals surface area contributed by atoms with Gasteiger partial charge < -0.3 is 10.6 Å². The van der Waals surface area contributed by atoms with Crippen molar-refractivity contribution in [3.8, 4) is 0 Å². The minimum atomic E-state index is -2.85. The summed E-state index contributed by atoms with van der Waals surface area (Å²) in [4.78, 5) is 40.1. The third-order valence-corrected chi connectivity index (χ3v) is 7.34. The Hall–Kier alpha value is -2.39. The maximum atomic E-state index is 14.7. The fourth-order valence-electron chi connectivity index (χ4n) is 5.66. The second-order valence-corrected chi connectivity index (χ2v) is 9.43. The standard InChI is InChI=1S/C22H26F2N4O3/c23-22(24)15-2-1-7-21(22,25)12-27(11-15)9-13-3-4-14-10-28(20(31)16(14)8-13)17-5-6-18(29)26-19(17)30/h3-4,8,15,17H,1-2,5-7,9-12,25H2,(H,26,29,30). The molecule has 1 aromatic carbocycles. The molecule has 3 unspecified atom stereocenters. The highest BCUT2D eigenvalue weighted by molar-refractivity contribution is 6.05. The molecule has 2 saturated heterocycles. The van der Waals surface area contributed by atoms with Crippen LogP contribution in [0.15, 0.2) is 18.2 Å². The van der Waals surface area contributed by atoms with Gasteiger partial charge in [-0.25, -0.2) is 8.78 Å². The van der Waals surface area contributed by atoms with Crippen molar-refractivity contribution in [2.45, 2.75) is 62.7 Å². The van der Waals surface area contributed by atoms with Crippen LogP contribution in [0.3, 0.4) is 0 Å². The van der Waals surface area contributed by atoms with E-state index in [9.17, 15) is 23.2 Å². The van der Waals surface area contributed by atoms with E-state index >= 15 is 0 Å². The lowest BCUT2D eigenvalue weighted by Gasteiger charge is -2.53. The molecule has 4 aliphatic rings. The van der Waals surface area contributed by atoms with Crippen LogP contribution in [0.25, 0.3) is 0 Å². The molecule has 166 valence electrons. The zero-order valence-corrected chi connectivity index (χ0v) is 17.2. The number of amides is 3. The number of halogens is 2. The molecule has 3 aliphatic heterocycles. The van der Waals surface area contributed by atoms with Gasteiger partial charge in [-0.2, -0.15) is 0 Å². The second kappa shape index (κ2) is 7.06. The lowest BCUT2D eigenvalue weighted by atomic mass is 9.69. The van der Waals surface area contributed by atoms with E-state index in [1.165, 1.54) is 4.90 Å². The summed E-state index contributed by atoms with van der Waals surface area (Å²) in [7, 11) is 0. The Morgan fingerprint density at radius 3 is 2.74 bits per heavy atom. The van der Waals surface area contributed by atoms with Crippen LogP contribution >= 0.6 is 0 Å². The van der Waals surface area contributed by atoms with Crippen molar-refractivity contribution in [3.63, 3.8) is 0 Å². The SMILES string of the molecule is NC12CCCC(CN(Cc3ccc4c(c3)C(=O)N(C3CCC(=O)NC3=O)C4)C1)C2(F)F. The van der Waals surface area contributed by atoms with Crippen molar-refractivity contribution in [3.05, 3.63) is 34.9 Å². The van der Waals surface area contributed by atoms with Crippen LogP contribution < -0.4 is 11.1 Å². The molecule has 7 nitrogen and oxygen atoms in total. The molecule has 3 N–H and O–H groups in total. The summed E-state index contributed by atoms with van der Waals surface area (Å²) in [5, 5.41) is 2.30. The smallest absolute Gasteiger partial charge is 0.270 e. The number of nitrogens with one attached hydrogen (secondary N) is 1. The van der Waals surface area contributed by atoms with E-state index in [2.05, 4.69) is 5.32 Å². The molecule has 3 heterocycles. The molecule has 9 heteroatoms. The number of rotatable bonds is 3. The first kappa shape index (κ1) is 20.5. The van der Waals surface area contributed by atoms with Crippen LogP contribution in [0, 0.1) is 5.92 Å². The lowest BCUT2D eigenvalue weighted by molar-refractivity contribution is -0.185. The van der Waals surface area contributed by atoms with Gasteiger partial charge in [-0.15, -0.1) is 0 Å². The highest BCUT2D eigenvalue weighted by atomic mass is 19.3. The number of benzene rings is 1. The van der Waals surface area contributed by atoms with Gasteiger partial charge >= 0.3 is 0 Å². The van der Waals surface area contributed by atoms with Crippen LogP contribution in [-0.4, -0.2) is 58.1 Å². The Balaban J connectivity index is 1.32. The zero-order valence-electron chi connectivity index (χ0n) is 17.2. The largest absolute Gasteiger partial charge is 0.322 e. The van der Waals surface area contributed by atoms with Gasteiger partial charge in [-0.05, 0) is 36.5 Å². The summed E-state index contributed by atoms with van der Waals surface area (Å²) in [5.41, 5.74) is 6.88. The number of hydrogen-bond donors (Lipinski definition) is 2. The Morgan fingerprint density at radius 1 is 1.19 bits per heavy atom. The summed E-state index contributed by atoms with van der Waals surface area (Å²) in [6.45, 7) is 1.19. The monoisotopic (exact) mass is 432 g/mol. The predicted molar refractivity (Wildman–Crippen MR) is 107 cm³/mol. The van der Waals surface area contributed by atoms with E-state index < -0.39 is 29.3 Å². The van der Waals surface area contributed by atoms with Gasteiger partial charge in [0.05, 0.1) is 5.54 Å². The van der Waals surface area contributed by atoms with Gasteiger partial charge in [-0.1, -0.05) is 18.6 Å². The van der Waals surface area contributed by atoms with Crippen LogP contribution in [0.2, 0.25) is 0 Å². The van der Waals surface area contributed by atoms with Gasteiger partial charge in [0.2, 0.25) is 11.8 Å². The molecule has 3 amide bonds. The third kappa shape index (κ3) is 3.25. The quantitative estimate of drug-likeness (QED) is 0.704. The van der Waals surface area contributed by atoms with Crippen molar-refractivity contribution in [1.29, 1.82) is 0 Å². The maximum absolute atomic E-state index is 14.7. The average Bonchev–Trinajstić information content (AvgIpc) is 3.00. The van der Waals surface area contributed by atoms with Crippen LogP contribution in [0.4, 0.5) is 8.78 Å². The second-order valence-electron chi connectivity index (χ2n) is 9.43. The first-order valence-electron chi connectivity index (χ1n) is 10.8. The van der Waals surface area contributed by atoms with E-state index in [1.54, 1.807) is 6.07 Å². The van der Waals surface area contributed by atoms with Crippen molar-refractivity contribution in [1.82, 2.24) is 15.1 Å². The predicted octanol–water partition coefficient (Wildman–Crippen LogP) is 1.40. The van der Waals surface area contributed by atoms with Gasteiger partial charge in [0.1, 0.15) is 6.04 Å². The fraction of sp³-hybridized carbons (Fsp3) is 0.591. The summed E-state index contributed by atoms with van der Waals surface area (Å²) in [5.74, 6) is -4.57. The first-order chi connectivity index (χ1) is 14.7. The van der Waals surface area contributed by atoms with Gasteiger partial charge in [0.15, 0.2) is 0 Å². The topological polar surface area (TPSA) is 95.7 Å². The minimum Gasteiger partial charge on any atom is -0.322 e. The molecule has 0 radical (unpaired) electrons. The molecule has 31 heavy (non-hydrogen) atoms. The number of likely N-dealkylation sites (tertiary alicyclic amines) is 1. The number of imide groups is 1. The number of alkyl halides is 2. The number of nitrogens with zero attached hydrogens (tertiary/aromatic N) is 2. The van der Waals surface area contributed by atoms with Gasteiger partial charge in [0, 0.05) is 44.1 Å². The highest BCUT2D eigenvalue weighted by Gasteiger charge is 2.61. The molecular weight excluding hydrogens is 406 g/mol. The lowest BCUT2D eigenvalue weighted by Crippen LogP contribution is -2.71. The van der Waals surface area contributed by atoms with Crippen LogP contribution in [0.5, 0.6) is 0 Å². The van der Waals surface area contributed by atoms with Gasteiger partial charge in [0.25, 0.3) is 11.8 Å². The Labute approximate surface area is 178 Å². The molecule has 3 fully saturated rings. The molecule has 0 spiro atoms.